The summed E-state index contributed by atoms with van der Waals surface area (Å²) in [6, 6.07) is 5.41. The van der Waals surface area contributed by atoms with Crippen molar-refractivity contribution in [3.05, 3.63) is 76.4 Å². The second-order valence-electron chi connectivity index (χ2n) is 8.52. The van der Waals surface area contributed by atoms with Crippen LogP contribution in [0, 0.1) is 5.92 Å². The van der Waals surface area contributed by atoms with E-state index in [0.29, 0.717) is 17.7 Å². The topological polar surface area (TPSA) is 78.4 Å². The first-order chi connectivity index (χ1) is 16.3. The highest BCUT2D eigenvalue weighted by atomic mass is 19.4. The van der Waals surface area contributed by atoms with Crippen LogP contribution in [0.4, 0.5) is 32.0 Å². The van der Waals surface area contributed by atoms with E-state index in [1.807, 2.05) is 12.2 Å². The van der Waals surface area contributed by atoms with Crippen LogP contribution in [0.25, 0.3) is 0 Å². The zero-order valence-corrected chi connectivity index (χ0v) is 18.0. The molecule has 0 saturated heterocycles. The second kappa shape index (κ2) is 8.94. The van der Waals surface area contributed by atoms with E-state index in [1.54, 1.807) is 12.1 Å². The Morgan fingerprint density at radius 2 is 1.66 bits per heavy atom. The lowest BCUT2D eigenvalue weighted by atomic mass is 9.76. The van der Waals surface area contributed by atoms with Gasteiger partial charge in [-0.1, -0.05) is 12.2 Å². The van der Waals surface area contributed by atoms with Crippen LogP contribution in [-0.2, 0) is 17.1 Å². The molecular formula is C24H20F6N2O3. The molecule has 2 aromatic rings. The van der Waals surface area contributed by atoms with E-state index in [9.17, 15) is 35.9 Å². The van der Waals surface area contributed by atoms with Crippen molar-refractivity contribution < 1.29 is 41.0 Å². The smallest absolute Gasteiger partial charge is 0.416 e. The average Bonchev–Trinajstić information content (AvgIpc) is 3.26. The number of carbonyl (C=O) groups is 2. The van der Waals surface area contributed by atoms with E-state index in [-0.39, 0.29) is 42.0 Å². The molecule has 1 amide bonds. The zero-order chi connectivity index (χ0) is 25.5. The van der Waals surface area contributed by atoms with Crippen LogP contribution in [0.1, 0.15) is 57.4 Å². The molecule has 3 atom stereocenters. The van der Waals surface area contributed by atoms with Gasteiger partial charge in [-0.2, -0.15) is 26.3 Å². The molecule has 1 heterocycles. The number of rotatable bonds is 5. The van der Waals surface area contributed by atoms with Crippen LogP contribution in [0.2, 0.25) is 0 Å². The summed E-state index contributed by atoms with van der Waals surface area (Å²) in [6.45, 7) is -0.0609. The molecule has 0 saturated carbocycles. The quantitative estimate of drug-likeness (QED) is 0.362. The number of alkyl halides is 6. The highest BCUT2D eigenvalue weighted by molar-refractivity contribution is 5.95. The SMILES string of the molecule is O=C(O)CCNC(=O)c1ccc2c(c1)[C@@H]1C=CC[C@H]1[C@H](c1cc(C(F)(F)F)cc(C(F)(F)F)c1)N2. The number of nitrogens with one attached hydrogen (secondary N) is 2. The maximum atomic E-state index is 13.4. The van der Waals surface area contributed by atoms with E-state index in [0.717, 1.165) is 12.1 Å². The first-order valence-electron chi connectivity index (χ1n) is 10.7. The predicted molar refractivity (Wildman–Crippen MR) is 114 cm³/mol. The van der Waals surface area contributed by atoms with Crippen molar-refractivity contribution >= 4 is 17.6 Å². The number of allylic oxidation sites excluding steroid dienone is 2. The van der Waals surface area contributed by atoms with Crippen LogP contribution in [-0.4, -0.2) is 23.5 Å². The van der Waals surface area contributed by atoms with Gasteiger partial charge in [0.15, 0.2) is 0 Å². The van der Waals surface area contributed by atoms with Gasteiger partial charge >= 0.3 is 18.3 Å². The molecule has 5 nitrogen and oxygen atoms in total. The maximum Gasteiger partial charge on any atom is 0.416 e. The van der Waals surface area contributed by atoms with Gasteiger partial charge in [0, 0.05) is 23.7 Å². The van der Waals surface area contributed by atoms with Gasteiger partial charge in [-0.05, 0) is 59.9 Å². The van der Waals surface area contributed by atoms with E-state index in [2.05, 4.69) is 10.6 Å². The highest BCUT2D eigenvalue weighted by Gasteiger charge is 2.42. The van der Waals surface area contributed by atoms with Crippen molar-refractivity contribution in [2.45, 2.75) is 37.2 Å². The summed E-state index contributed by atoms with van der Waals surface area (Å²) in [5, 5.41) is 14.3. The molecule has 3 N–H and O–H groups in total. The Kier molecular flexibility index (Phi) is 6.29. The van der Waals surface area contributed by atoms with Gasteiger partial charge in [-0.3, -0.25) is 9.59 Å². The Labute approximate surface area is 195 Å². The highest BCUT2D eigenvalue weighted by Crippen LogP contribution is 2.51. The fraction of sp³-hybridized carbons (Fsp3) is 0.333. The molecule has 1 aliphatic heterocycles. The summed E-state index contributed by atoms with van der Waals surface area (Å²) < 4.78 is 80.4. The first kappa shape index (κ1) is 24.6. The Balaban J connectivity index is 1.69. The minimum atomic E-state index is -4.95. The van der Waals surface area contributed by atoms with Gasteiger partial charge in [0.25, 0.3) is 5.91 Å². The van der Waals surface area contributed by atoms with E-state index < -0.39 is 41.4 Å². The third-order valence-corrected chi connectivity index (χ3v) is 6.22. The number of carbonyl (C=O) groups excluding carboxylic acids is 1. The number of carboxylic acids is 1. The van der Waals surface area contributed by atoms with Gasteiger partial charge in [0.05, 0.1) is 23.6 Å². The van der Waals surface area contributed by atoms with Crippen molar-refractivity contribution in [2.24, 2.45) is 5.92 Å². The number of hydrogen-bond acceptors (Lipinski definition) is 3. The van der Waals surface area contributed by atoms with Crippen LogP contribution in [0.3, 0.4) is 0 Å². The molecule has 11 heteroatoms. The molecule has 0 bridgehead atoms. The second-order valence-corrected chi connectivity index (χ2v) is 8.52. The number of amides is 1. The van der Waals surface area contributed by atoms with Crippen LogP contribution >= 0.6 is 0 Å². The number of benzene rings is 2. The van der Waals surface area contributed by atoms with Gasteiger partial charge in [0.2, 0.25) is 0 Å². The van der Waals surface area contributed by atoms with Crippen molar-refractivity contribution in [2.75, 3.05) is 11.9 Å². The van der Waals surface area contributed by atoms with Gasteiger partial charge in [-0.15, -0.1) is 0 Å². The monoisotopic (exact) mass is 498 g/mol. The van der Waals surface area contributed by atoms with Crippen molar-refractivity contribution in [3.8, 4) is 0 Å². The van der Waals surface area contributed by atoms with Crippen molar-refractivity contribution in [1.82, 2.24) is 5.32 Å². The van der Waals surface area contributed by atoms with E-state index in [4.69, 9.17) is 5.11 Å². The molecule has 2 aromatic carbocycles. The lowest BCUT2D eigenvalue weighted by Gasteiger charge is -2.38. The molecule has 2 aliphatic rings. The van der Waals surface area contributed by atoms with Crippen molar-refractivity contribution in [1.29, 1.82) is 0 Å². The summed E-state index contributed by atoms with van der Waals surface area (Å²) in [5.41, 5.74) is -1.40. The molecular weight excluding hydrogens is 478 g/mol. The molecule has 0 fully saturated rings. The normalized spacial score (nSPS) is 21.1. The van der Waals surface area contributed by atoms with Gasteiger partial charge < -0.3 is 15.7 Å². The molecule has 1 aliphatic carbocycles. The molecule has 0 radical (unpaired) electrons. The fourth-order valence-corrected chi connectivity index (χ4v) is 4.61. The lowest BCUT2D eigenvalue weighted by molar-refractivity contribution is -0.143. The molecule has 0 aromatic heterocycles. The average molecular weight is 498 g/mol. The summed E-state index contributed by atoms with van der Waals surface area (Å²) in [7, 11) is 0. The standard InChI is InChI=1S/C24H20F6N2O3/c25-23(26,27)14-8-13(9-15(11-14)24(28,29)30)21-17-3-1-2-16(17)18-10-12(4-5-19(18)32-21)22(35)31-7-6-20(33)34/h1-2,4-5,8-11,16-17,21,32H,3,6-7H2,(H,31,35)(H,33,34)/t16-,17-,21+/m1/s1. The Morgan fingerprint density at radius 3 is 2.26 bits per heavy atom. The molecule has 4 rings (SSSR count). The summed E-state index contributed by atoms with van der Waals surface area (Å²) in [6.07, 6.45) is -6.06. The molecule has 186 valence electrons. The third-order valence-electron chi connectivity index (χ3n) is 6.22. The Bertz CT molecular complexity index is 1160. The minimum absolute atomic E-state index is 0.0609. The predicted octanol–water partition coefficient (Wildman–Crippen LogP) is 5.76. The Morgan fingerprint density at radius 1 is 1.00 bits per heavy atom. The van der Waals surface area contributed by atoms with Crippen LogP contribution < -0.4 is 10.6 Å². The molecule has 0 spiro atoms. The number of carboxylic acid groups (broad SMARTS) is 1. The van der Waals surface area contributed by atoms with E-state index in [1.165, 1.54) is 6.07 Å². The van der Waals surface area contributed by atoms with E-state index >= 15 is 0 Å². The minimum Gasteiger partial charge on any atom is -0.481 e. The summed E-state index contributed by atoms with van der Waals surface area (Å²) in [5.74, 6) is -2.24. The third kappa shape index (κ3) is 5.13. The summed E-state index contributed by atoms with van der Waals surface area (Å²) in [4.78, 5) is 23.0. The van der Waals surface area contributed by atoms with Crippen LogP contribution in [0.15, 0.2) is 48.6 Å². The lowest BCUT2D eigenvalue weighted by Crippen LogP contribution is -2.30. The number of anilines is 1. The fourth-order valence-electron chi connectivity index (χ4n) is 4.61. The number of hydrogen-bond donors (Lipinski definition) is 3. The number of fused-ring (bicyclic) bond motifs is 3. The van der Waals surface area contributed by atoms with Crippen LogP contribution in [0.5, 0.6) is 0 Å². The first-order valence-corrected chi connectivity index (χ1v) is 10.7. The Hall–Kier alpha value is -3.50. The molecule has 0 unspecified atom stereocenters. The number of halogens is 6. The zero-order valence-electron chi connectivity index (χ0n) is 18.0. The van der Waals surface area contributed by atoms with Gasteiger partial charge in [-0.25, -0.2) is 0 Å². The summed E-state index contributed by atoms with van der Waals surface area (Å²) >= 11 is 0. The van der Waals surface area contributed by atoms with Crippen molar-refractivity contribution in [3.63, 3.8) is 0 Å². The number of aliphatic carboxylic acids is 1. The molecule has 35 heavy (non-hydrogen) atoms. The van der Waals surface area contributed by atoms with Gasteiger partial charge in [0.1, 0.15) is 0 Å². The largest absolute Gasteiger partial charge is 0.481 e. The maximum absolute atomic E-state index is 13.4.